The summed E-state index contributed by atoms with van der Waals surface area (Å²) < 4.78 is 5.43. The van der Waals surface area contributed by atoms with Gasteiger partial charge in [-0.15, -0.1) is 0 Å². The lowest BCUT2D eigenvalue weighted by Gasteiger charge is -2.06. The monoisotopic (exact) mass is 301 g/mol. The minimum atomic E-state index is -0.351. The van der Waals surface area contributed by atoms with Crippen LogP contribution in [0.1, 0.15) is 18.1 Å². The summed E-state index contributed by atoms with van der Waals surface area (Å²) in [7, 11) is 0. The van der Waals surface area contributed by atoms with E-state index < -0.39 is 0 Å². The quantitative estimate of drug-likeness (QED) is 0.806. The summed E-state index contributed by atoms with van der Waals surface area (Å²) in [5.74, 6) is -0.351. The topological polar surface area (TPSA) is 50.1 Å². The highest BCUT2D eigenvalue weighted by molar-refractivity contribution is 9.10. The second-order valence-corrected chi connectivity index (χ2v) is 4.22. The van der Waals surface area contributed by atoms with Gasteiger partial charge in [-0.1, -0.05) is 17.7 Å². The Labute approximate surface area is 107 Å². The fourth-order valence-electron chi connectivity index (χ4n) is 1.20. The number of nitriles is 1. The van der Waals surface area contributed by atoms with Crippen LogP contribution in [-0.4, -0.2) is 12.6 Å². The van der Waals surface area contributed by atoms with Gasteiger partial charge in [0.15, 0.2) is 0 Å². The van der Waals surface area contributed by atoms with Gasteiger partial charge in [0.05, 0.1) is 23.6 Å². The fraction of sp³-hybridized carbons (Fsp3) is 0.273. The van der Waals surface area contributed by atoms with Gasteiger partial charge in [0, 0.05) is 4.47 Å². The minimum Gasteiger partial charge on any atom is -0.466 e. The Morgan fingerprint density at radius 1 is 1.62 bits per heavy atom. The highest BCUT2D eigenvalue weighted by Gasteiger charge is 2.13. The van der Waals surface area contributed by atoms with E-state index >= 15 is 0 Å². The predicted molar refractivity (Wildman–Crippen MR) is 64.2 cm³/mol. The van der Waals surface area contributed by atoms with Crippen molar-refractivity contribution in [1.82, 2.24) is 0 Å². The molecule has 0 fully saturated rings. The Hall–Kier alpha value is -1.05. The summed E-state index contributed by atoms with van der Waals surface area (Å²) in [6.45, 7) is 2.07. The summed E-state index contributed by atoms with van der Waals surface area (Å²) in [6, 6.07) is 5.37. The number of ether oxygens (including phenoxy) is 1. The zero-order valence-corrected chi connectivity index (χ0v) is 10.9. The number of carbonyl (C=O) groups is 1. The van der Waals surface area contributed by atoms with Crippen LogP contribution in [0.4, 0.5) is 0 Å². The zero-order valence-electron chi connectivity index (χ0n) is 8.59. The Kier molecular flexibility index (Phi) is 4.78. The van der Waals surface area contributed by atoms with Crippen molar-refractivity contribution in [2.24, 2.45) is 0 Å². The molecule has 5 heteroatoms. The SMILES string of the molecule is CCOC(=O)Cc1ccc(Br)c(C#N)c1Cl. The number of rotatable bonds is 3. The first-order valence-electron chi connectivity index (χ1n) is 4.62. The third-order valence-corrected chi connectivity index (χ3v) is 3.02. The number of carbonyl (C=O) groups excluding carboxylic acids is 1. The van der Waals surface area contributed by atoms with Crippen molar-refractivity contribution in [3.05, 3.63) is 32.8 Å². The van der Waals surface area contributed by atoms with Crippen molar-refractivity contribution in [3.63, 3.8) is 0 Å². The number of halogens is 2. The maximum atomic E-state index is 11.3. The highest BCUT2D eigenvalue weighted by Crippen LogP contribution is 2.28. The van der Waals surface area contributed by atoms with E-state index in [9.17, 15) is 4.79 Å². The third-order valence-electron chi connectivity index (χ3n) is 1.92. The number of nitrogens with zero attached hydrogens (tertiary/aromatic N) is 1. The van der Waals surface area contributed by atoms with E-state index in [4.69, 9.17) is 21.6 Å². The van der Waals surface area contributed by atoms with Crippen molar-refractivity contribution < 1.29 is 9.53 Å². The van der Waals surface area contributed by atoms with Crippen LogP contribution in [0.15, 0.2) is 16.6 Å². The molecular formula is C11H9BrClNO2. The van der Waals surface area contributed by atoms with Crippen molar-refractivity contribution in [3.8, 4) is 6.07 Å². The van der Waals surface area contributed by atoms with E-state index in [1.165, 1.54) is 0 Å². The van der Waals surface area contributed by atoms with E-state index in [1.807, 2.05) is 6.07 Å². The summed E-state index contributed by atoms with van der Waals surface area (Å²) in [6.07, 6.45) is 0.0780. The molecule has 1 rings (SSSR count). The van der Waals surface area contributed by atoms with Gasteiger partial charge in [0.25, 0.3) is 0 Å². The van der Waals surface area contributed by atoms with Crippen LogP contribution in [0.3, 0.4) is 0 Å². The lowest BCUT2D eigenvalue weighted by molar-refractivity contribution is -0.142. The van der Waals surface area contributed by atoms with Gasteiger partial charge >= 0.3 is 5.97 Å². The molecule has 0 saturated heterocycles. The average molecular weight is 303 g/mol. The minimum absolute atomic E-state index is 0.0780. The van der Waals surface area contributed by atoms with E-state index in [-0.39, 0.29) is 12.4 Å². The van der Waals surface area contributed by atoms with E-state index in [1.54, 1.807) is 19.1 Å². The molecule has 0 aromatic heterocycles. The van der Waals surface area contributed by atoms with Crippen LogP contribution in [-0.2, 0) is 16.0 Å². The van der Waals surface area contributed by atoms with Crippen molar-refractivity contribution in [1.29, 1.82) is 5.26 Å². The van der Waals surface area contributed by atoms with Gasteiger partial charge in [0.1, 0.15) is 6.07 Å². The molecule has 1 aromatic carbocycles. The maximum absolute atomic E-state index is 11.3. The molecule has 0 unspecified atom stereocenters. The first kappa shape index (κ1) is 13.0. The van der Waals surface area contributed by atoms with Crippen molar-refractivity contribution in [2.75, 3.05) is 6.61 Å². The van der Waals surface area contributed by atoms with Gasteiger partial charge in [-0.25, -0.2) is 0 Å². The molecule has 0 saturated carbocycles. The number of hydrogen-bond acceptors (Lipinski definition) is 3. The molecular weight excluding hydrogens is 293 g/mol. The summed E-state index contributed by atoms with van der Waals surface area (Å²) in [4.78, 5) is 11.3. The van der Waals surface area contributed by atoms with Gasteiger partial charge in [0.2, 0.25) is 0 Å². The van der Waals surface area contributed by atoms with E-state index in [0.29, 0.717) is 27.2 Å². The molecule has 0 spiro atoms. The molecule has 0 aliphatic rings. The smallest absolute Gasteiger partial charge is 0.310 e. The molecule has 16 heavy (non-hydrogen) atoms. The molecule has 3 nitrogen and oxygen atoms in total. The van der Waals surface area contributed by atoms with Gasteiger partial charge in [-0.05, 0) is 34.5 Å². The number of esters is 1. The first-order chi connectivity index (χ1) is 7.60. The molecule has 84 valence electrons. The van der Waals surface area contributed by atoms with Gasteiger partial charge in [-0.2, -0.15) is 5.26 Å². The second-order valence-electron chi connectivity index (χ2n) is 2.99. The second kappa shape index (κ2) is 5.88. The van der Waals surface area contributed by atoms with E-state index in [0.717, 1.165) is 0 Å². The molecule has 0 aliphatic heterocycles. The molecule has 1 aromatic rings. The highest BCUT2D eigenvalue weighted by atomic mass is 79.9. The Morgan fingerprint density at radius 2 is 2.31 bits per heavy atom. The third kappa shape index (κ3) is 2.97. The van der Waals surface area contributed by atoms with Crippen LogP contribution in [0.2, 0.25) is 5.02 Å². The van der Waals surface area contributed by atoms with Crippen molar-refractivity contribution >= 4 is 33.5 Å². The standard InChI is InChI=1S/C11H9BrClNO2/c1-2-16-10(15)5-7-3-4-9(12)8(6-14)11(7)13/h3-4H,2,5H2,1H3. The Balaban J connectivity index is 2.99. The van der Waals surface area contributed by atoms with Crippen molar-refractivity contribution in [2.45, 2.75) is 13.3 Å². The Bertz CT molecular complexity index is 454. The summed E-state index contributed by atoms with van der Waals surface area (Å²) in [5.41, 5.74) is 0.934. The maximum Gasteiger partial charge on any atom is 0.310 e. The molecule has 0 atom stereocenters. The summed E-state index contributed by atoms with van der Waals surface area (Å²) in [5, 5.41) is 9.18. The molecule has 0 N–H and O–H groups in total. The largest absolute Gasteiger partial charge is 0.466 e. The number of benzene rings is 1. The van der Waals surface area contributed by atoms with Crippen LogP contribution in [0.25, 0.3) is 0 Å². The molecule has 0 amide bonds. The van der Waals surface area contributed by atoms with Crippen LogP contribution in [0.5, 0.6) is 0 Å². The normalized spacial score (nSPS) is 9.62. The lowest BCUT2D eigenvalue weighted by atomic mass is 10.1. The number of hydrogen-bond donors (Lipinski definition) is 0. The Morgan fingerprint density at radius 3 is 2.88 bits per heavy atom. The van der Waals surface area contributed by atoms with E-state index in [2.05, 4.69) is 15.9 Å². The average Bonchev–Trinajstić information content (AvgIpc) is 2.23. The molecule has 0 bridgehead atoms. The lowest BCUT2D eigenvalue weighted by Crippen LogP contribution is -2.08. The molecule has 0 radical (unpaired) electrons. The summed E-state index contributed by atoms with van der Waals surface area (Å²) >= 11 is 9.21. The predicted octanol–water partition coefficient (Wildman–Crippen LogP) is 3.08. The first-order valence-corrected chi connectivity index (χ1v) is 5.79. The molecule has 0 heterocycles. The van der Waals surface area contributed by atoms with Crippen LogP contribution in [0, 0.1) is 11.3 Å². The molecule has 0 aliphatic carbocycles. The van der Waals surface area contributed by atoms with Crippen LogP contribution < -0.4 is 0 Å². The fourth-order valence-corrected chi connectivity index (χ4v) is 2.01. The van der Waals surface area contributed by atoms with Crippen LogP contribution >= 0.6 is 27.5 Å². The van der Waals surface area contributed by atoms with Gasteiger partial charge in [-0.3, -0.25) is 4.79 Å². The van der Waals surface area contributed by atoms with Gasteiger partial charge < -0.3 is 4.74 Å². The zero-order chi connectivity index (χ0) is 12.1.